The lowest BCUT2D eigenvalue weighted by atomic mass is 10.0. The Morgan fingerprint density at radius 3 is 2.58 bits per heavy atom. The Morgan fingerprint density at radius 2 is 1.90 bits per heavy atom. The summed E-state index contributed by atoms with van der Waals surface area (Å²) in [7, 11) is 0. The van der Waals surface area contributed by atoms with E-state index >= 15 is 0 Å². The Balaban J connectivity index is 2.10. The predicted octanol–water partition coefficient (Wildman–Crippen LogP) is 4.88. The average Bonchev–Trinajstić information content (AvgIpc) is 2.77. The molecule has 31 heavy (non-hydrogen) atoms. The minimum absolute atomic E-state index is 0.124. The van der Waals surface area contributed by atoms with Crippen LogP contribution in [0, 0.1) is 0 Å². The summed E-state index contributed by atoms with van der Waals surface area (Å²) in [5, 5.41) is 20.5. The minimum Gasteiger partial charge on any atom is -0.491 e. The first-order chi connectivity index (χ1) is 15.0. The first kappa shape index (κ1) is 24.3. The zero-order chi connectivity index (χ0) is 22.5. The SMILES string of the molecule is CSc1ccc(NC(=O)O[C@H](CCC/C=C/C(=O)O)c2ccccc2OCCO)cc1. The Morgan fingerprint density at radius 1 is 1.16 bits per heavy atom. The van der Waals surface area contributed by atoms with Gasteiger partial charge in [0.1, 0.15) is 18.5 Å². The van der Waals surface area contributed by atoms with Crippen LogP contribution >= 0.6 is 11.8 Å². The molecule has 0 spiro atoms. The number of aliphatic carboxylic acids is 1. The van der Waals surface area contributed by atoms with Crippen molar-refractivity contribution < 1.29 is 29.3 Å². The first-order valence-electron chi connectivity index (χ1n) is 9.87. The second-order valence-corrected chi connectivity index (χ2v) is 7.41. The average molecular weight is 446 g/mol. The summed E-state index contributed by atoms with van der Waals surface area (Å²) in [6, 6.07) is 14.6. The number of carboxylic acids is 1. The van der Waals surface area contributed by atoms with Gasteiger partial charge in [0.25, 0.3) is 0 Å². The van der Waals surface area contributed by atoms with Gasteiger partial charge in [-0.3, -0.25) is 5.32 Å². The Bertz CT molecular complexity index is 869. The number of rotatable bonds is 12. The highest BCUT2D eigenvalue weighted by Crippen LogP contribution is 2.32. The van der Waals surface area contributed by atoms with Crippen LogP contribution < -0.4 is 10.1 Å². The topological polar surface area (TPSA) is 105 Å². The molecule has 1 amide bonds. The summed E-state index contributed by atoms with van der Waals surface area (Å²) < 4.78 is 11.3. The van der Waals surface area contributed by atoms with Gasteiger partial charge in [-0.15, -0.1) is 11.8 Å². The zero-order valence-electron chi connectivity index (χ0n) is 17.3. The van der Waals surface area contributed by atoms with Gasteiger partial charge in [-0.1, -0.05) is 24.3 Å². The van der Waals surface area contributed by atoms with Crippen LogP contribution in [0.5, 0.6) is 5.75 Å². The van der Waals surface area contributed by atoms with E-state index in [0.29, 0.717) is 36.3 Å². The van der Waals surface area contributed by atoms with E-state index in [-0.39, 0.29) is 13.2 Å². The standard InChI is InChI=1S/C23H27NO6S/c1-31-18-13-11-17(12-14-18)24-23(28)30-21(9-3-2-4-10-22(26)27)19-7-5-6-8-20(19)29-16-15-25/h4-8,10-14,21,25H,2-3,9,15-16H2,1H3,(H,24,28)(H,26,27)/b10-4+/t21-/m1/s1. The number of aliphatic hydroxyl groups is 1. The quantitative estimate of drug-likeness (QED) is 0.243. The number of benzene rings is 2. The van der Waals surface area contributed by atoms with Crippen LogP contribution in [0.25, 0.3) is 0 Å². The van der Waals surface area contributed by atoms with E-state index in [4.69, 9.17) is 19.7 Å². The molecule has 7 nitrogen and oxygen atoms in total. The van der Waals surface area contributed by atoms with Crippen LogP contribution in [0.4, 0.5) is 10.5 Å². The van der Waals surface area contributed by atoms with E-state index in [0.717, 1.165) is 11.0 Å². The van der Waals surface area contributed by atoms with Crippen LogP contribution in [-0.4, -0.2) is 41.7 Å². The molecule has 0 aromatic heterocycles. The Hall–Kier alpha value is -2.97. The number of amides is 1. The second kappa shape index (κ2) is 13.4. The fourth-order valence-electron chi connectivity index (χ4n) is 2.87. The number of hydrogen-bond donors (Lipinski definition) is 3. The summed E-state index contributed by atoms with van der Waals surface area (Å²) >= 11 is 1.61. The van der Waals surface area contributed by atoms with Crippen molar-refractivity contribution in [1.82, 2.24) is 0 Å². The molecule has 2 aromatic carbocycles. The van der Waals surface area contributed by atoms with Crippen LogP contribution in [0.3, 0.4) is 0 Å². The van der Waals surface area contributed by atoms with Crippen molar-refractivity contribution in [2.24, 2.45) is 0 Å². The molecule has 0 unspecified atom stereocenters. The number of unbranched alkanes of at least 4 members (excludes halogenated alkanes) is 1. The van der Waals surface area contributed by atoms with Gasteiger partial charge in [0.2, 0.25) is 0 Å². The molecule has 0 saturated heterocycles. The van der Waals surface area contributed by atoms with Crippen LogP contribution in [-0.2, 0) is 9.53 Å². The van der Waals surface area contributed by atoms with Crippen molar-refractivity contribution in [1.29, 1.82) is 0 Å². The monoisotopic (exact) mass is 445 g/mol. The summed E-state index contributed by atoms with van der Waals surface area (Å²) in [5.74, 6) is -0.470. The van der Waals surface area contributed by atoms with Crippen molar-refractivity contribution in [2.75, 3.05) is 24.8 Å². The van der Waals surface area contributed by atoms with Crippen LogP contribution in [0.15, 0.2) is 65.6 Å². The Kier molecular flexibility index (Phi) is 10.5. The molecular weight excluding hydrogens is 418 g/mol. The van der Waals surface area contributed by atoms with Crippen molar-refractivity contribution in [3.8, 4) is 5.75 Å². The number of thioether (sulfide) groups is 1. The van der Waals surface area contributed by atoms with E-state index in [1.54, 1.807) is 42.1 Å². The number of aliphatic hydroxyl groups excluding tert-OH is 1. The highest BCUT2D eigenvalue weighted by Gasteiger charge is 2.20. The van der Waals surface area contributed by atoms with Gasteiger partial charge in [0, 0.05) is 22.2 Å². The third-order valence-electron chi connectivity index (χ3n) is 4.30. The summed E-state index contributed by atoms with van der Waals surface area (Å²) in [6.07, 6.45) is 5.06. The van der Waals surface area contributed by atoms with Gasteiger partial charge in [-0.25, -0.2) is 9.59 Å². The van der Waals surface area contributed by atoms with E-state index in [9.17, 15) is 9.59 Å². The van der Waals surface area contributed by atoms with Gasteiger partial charge < -0.3 is 19.7 Å². The number of carbonyl (C=O) groups is 2. The fraction of sp³-hybridized carbons (Fsp3) is 0.304. The van der Waals surface area contributed by atoms with Crippen LogP contribution in [0.1, 0.15) is 30.9 Å². The highest BCUT2D eigenvalue weighted by molar-refractivity contribution is 7.98. The van der Waals surface area contributed by atoms with Gasteiger partial charge in [0.15, 0.2) is 0 Å². The summed E-state index contributed by atoms with van der Waals surface area (Å²) in [6.45, 7) is -0.00850. The number of ether oxygens (including phenoxy) is 2. The van der Waals surface area contributed by atoms with Crippen LogP contribution in [0.2, 0.25) is 0 Å². The molecule has 8 heteroatoms. The molecule has 0 bridgehead atoms. The van der Waals surface area contributed by atoms with Crippen molar-refractivity contribution in [3.05, 3.63) is 66.2 Å². The van der Waals surface area contributed by atoms with E-state index < -0.39 is 18.2 Å². The first-order valence-corrected chi connectivity index (χ1v) is 11.1. The molecule has 0 aliphatic heterocycles. The van der Waals surface area contributed by atoms with E-state index in [1.165, 1.54) is 0 Å². The molecule has 166 valence electrons. The number of anilines is 1. The molecule has 2 aromatic rings. The largest absolute Gasteiger partial charge is 0.491 e. The zero-order valence-corrected chi connectivity index (χ0v) is 18.1. The molecule has 0 fully saturated rings. The molecular formula is C23H27NO6S. The van der Waals surface area contributed by atoms with E-state index in [2.05, 4.69) is 5.32 Å². The number of allylic oxidation sites excluding steroid dienone is 1. The maximum Gasteiger partial charge on any atom is 0.412 e. The molecule has 0 radical (unpaired) electrons. The van der Waals surface area contributed by atoms with Gasteiger partial charge in [0.05, 0.1) is 6.61 Å². The molecule has 2 rings (SSSR count). The number of carbonyl (C=O) groups excluding carboxylic acids is 1. The lowest BCUT2D eigenvalue weighted by molar-refractivity contribution is -0.131. The number of para-hydroxylation sites is 1. The number of carboxylic acid groups (broad SMARTS) is 1. The third-order valence-corrected chi connectivity index (χ3v) is 5.04. The summed E-state index contributed by atoms with van der Waals surface area (Å²) in [5.41, 5.74) is 1.31. The minimum atomic E-state index is -0.998. The molecule has 1 atom stereocenters. The molecule has 0 heterocycles. The molecule has 0 saturated carbocycles. The maximum absolute atomic E-state index is 12.5. The number of nitrogens with one attached hydrogen (secondary N) is 1. The predicted molar refractivity (Wildman–Crippen MR) is 121 cm³/mol. The van der Waals surface area contributed by atoms with Crippen molar-refractivity contribution in [3.63, 3.8) is 0 Å². The van der Waals surface area contributed by atoms with Gasteiger partial charge in [-0.2, -0.15) is 0 Å². The Labute approximate surface area is 186 Å². The third kappa shape index (κ3) is 8.74. The molecule has 0 aliphatic rings. The normalized spacial score (nSPS) is 11.8. The second-order valence-electron chi connectivity index (χ2n) is 6.53. The fourth-order valence-corrected chi connectivity index (χ4v) is 3.28. The van der Waals surface area contributed by atoms with Crippen molar-refractivity contribution in [2.45, 2.75) is 30.3 Å². The van der Waals surface area contributed by atoms with Crippen molar-refractivity contribution >= 4 is 29.5 Å². The van der Waals surface area contributed by atoms with Gasteiger partial charge >= 0.3 is 12.1 Å². The smallest absolute Gasteiger partial charge is 0.412 e. The number of hydrogen-bond acceptors (Lipinski definition) is 6. The highest BCUT2D eigenvalue weighted by atomic mass is 32.2. The molecule has 0 aliphatic carbocycles. The van der Waals surface area contributed by atoms with Gasteiger partial charge in [-0.05, 0) is 55.9 Å². The van der Waals surface area contributed by atoms with E-state index in [1.807, 2.05) is 30.5 Å². The summed E-state index contributed by atoms with van der Waals surface area (Å²) in [4.78, 5) is 24.2. The molecule has 3 N–H and O–H groups in total. The lowest BCUT2D eigenvalue weighted by Gasteiger charge is -2.21. The maximum atomic E-state index is 12.5. The lowest BCUT2D eigenvalue weighted by Crippen LogP contribution is -2.18.